The normalized spacial score (nSPS) is 10.9. The monoisotopic (exact) mass is 234 g/mol. The van der Waals surface area contributed by atoms with Crippen LogP contribution in [0.25, 0.3) is 0 Å². The Hall–Kier alpha value is -1.62. The molecule has 5 heteroatoms. The molecular weight excluding hydrogens is 216 g/mol. The Balaban J connectivity index is 1.98. The van der Waals surface area contributed by atoms with Crippen molar-refractivity contribution in [3.8, 4) is 0 Å². The van der Waals surface area contributed by atoms with E-state index in [1.807, 2.05) is 6.92 Å². The molecule has 0 fully saturated rings. The average Bonchev–Trinajstić information content (AvgIpc) is 2.91. The van der Waals surface area contributed by atoms with Crippen LogP contribution in [0.3, 0.4) is 0 Å². The van der Waals surface area contributed by atoms with Crippen LogP contribution in [0.15, 0.2) is 23.1 Å². The van der Waals surface area contributed by atoms with E-state index in [0.717, 1.165) is 31.0 Å². The van der Waals surface area contributed by atoms with Gasteiger partial charge in [-0.1, -0.05) is 6.92 Å². The molecule has 17 heavy (non-hydrogen) atoms. The molecule has 2 aromatic rings. The first kappa shape index (κ1) is 11.9. The lowest BCUT2D eigenvalue weighted by Gasteiger charge is -1.99. The summed E-state index contributed by atoms with van der Waals surface area (Å²) < 4.78 is 7.44. The summed E-state index contributed by atoms with van der Waals surface area (Å²) in [7, 11) is 0. The summed E-state index contributed by atoms with van der Waals surface area (Å²) in [4.78, 5) is 3.91. The number of furan rings is 1. The number of nitrogens with zero attached hydrogens (tertiary/aromatic N) is 3. The van der Waals surface area contributed by atoms with E-state index in [1.165, 1.54) is 11.9 Å². The Labute approximate surface area is 101 Å². The predicted octanol–water partition coefficient (Wildman–Crippen LogP) is 1.73. The molecule has 0 atom stereocenters. The van der Waals surface area contributed by atoms with Crippen LogP contribution in [0.4, 0.5) is 0 Å². The highest BCUT2D eigenvalue weighted by Crippen LogP contribution is 2.15. The Bertz CT molecular complexity index is 447. The van der Waals surface area contributed by atoms with Gasteiger partial charge in [-0.25, -0.2) is 9.67 Å². The third-order valence-corrected chi connectivity index (χ3v) is 2.60. The molecule has 2 aromatic heterocycles. The second-order valence-corrected chi connectivity index (χ2v) is 4.06. The molecule has 0 aliphatic rings. The molecular formula is C12H18N4O. The first-order valence-electron chi connectivity index (χ1n) is 5.91. The van der Waals surface area contributed by atoms with Gasteiger partial charge in [0, 0.05) is 12.1 Å². The maximum absolute atomic E-state index is 5.69. The van der Waals surface area contributed by atoms with Crippen molar-refractivity contribution >= 4 is 0 Å². The van der Waals surface area contributed by atoms with Gasteiger partial charge >= 0.3 is 0 Å². The number of rotatable bonds is 6. The zero-order valence-electron chi connectivity index (χ0n) is 10.3. The van der Waals surface area contributed by atoms with Crippen LogP contribution in [0.5, 0.6) is 0 Å². The minimum Gasteiger partial charge on any atom is -0.464 e. The average molecular weight is 234 g/mol. The van der Waals surface area contributed by atoms with E-state index < -0.39 is 0 Å². The van der Waals surface area contributed by atoms with Crippen molar-refractivity contribution in [3.05, 3.63) is 35.8 Å². The van der Waals surface area contributed by atoms with Gasteiger partial charge in [-0.2, -0.15) is 5.10 Å². The lowest BCUT2D eigenvalue weighted by atomic mass is 10.2. The fourth-order valence-corrected chi connectivity index (χ4v) is 1.71. The number of nitrogens with one attached hydrogen (secondary N) is 1. The maximum Gasteiger partial charge on any atom is 0.137 e. The first-order chi connectivity index (χ1) is 8.29. The van der Waals surface area contributed by atoms with E-state index in [9.17, 15) is 0 Å². The smallest absolute Gasteiger partial charge is 0.137 e. The lowest BCUT2D eigenvalue weighted by molar-refractivity contribution is 0.456. The van der Waals surface area contributed by atoms with Gasteiger partial charge in [0.05, 0.1) is 0 Å². The second kappa shape index (κ2) is 5.63. The molecule has 0 radical (unpaired) electrons. The third-order valence-electron chi connectivity index (χ3n) is 2.60. The second-order valence-electron chi connectivity index (χ2n) is 4.06. The topological polar surface area (TPSA) is 55.9 Å². The zero-order valence-corrected chi connectivity index (χ0v) is 10.3. The summed E-state index contributed by atoms with van der Waals surface area (Å²) in [6.45, 7) is 6.68. The standard InChI is InChI=1S/C12H18N4O/c1-3-4-13-6-11-5-12(17-10(11)2)7-16-9-14-8-15-16/h5,8-9,13H,3-4,6-7H2,1-2H3. The third kappa shape index (κ3) is 3.17. The Kier molecular flexibility index (Phi) is 3.93. The summed E-state index contributed by atoms with van der Waals surface area (Å²) in [5, 5.41) is 7.43. The molecule has 5 nitrogen and oxygen atoms in total. The van der Waals surface area contributed by atoms with E-state index in [0.29, 0.717) is 6.54 Å². The largest absolute Gasteiger partial charge is 0.464 e. The van der Waals surface area contributed by atoms with E-state index in [-0.39, 0.29) is 0 Å². The SMILES string of the molecule is CCCNCc1cc(Cn2cncn2)oc1C. The molecule has 2 heterocycles. The minimum absolute atomic E-state index is 0.634. The maximum atomic E-state index is 5.69. The highest BCUT2D eigenvalue weighted by Gasteiger charge is 2.07. The molecule has 0 saturated heterocycles. The van der Waals surface area contributed by atoms with Crippen molar-refractivity contribution in [2.75, 3.05) is 6.54 Å². The van der Waals surface area contributed by atoms with Crippen molar-refractivity contribution < 1.29 is 4.42 Å². The number of hydrogen-bond acceptors (Lipinski definition) is 4. The highest BCUT2D eigenvalue weighted by molar-refractivity contribution is 5.20. The zero-order chi connectivity index (χ0) is 12.1. The molecule has 0 spiro atoms. The molecule has 0 aromatic carbocycles. The molecule has 0 amide bonds. The molecule has 2 rings (SSSR count). The van der Waals surface area contributed by atoms with Gasteiger partial charge in [0.25, 0.3) is 0 Å². The van der Waals surface area contributed by atoms with E-state index in [1.54, 1.807) is 11.0 Å². The van der Waals surface area contributed by atoms with Crippen LogP contribution in [-0.4, -0.2) is 21.3 Å². The summed E-state index contributed by atoms with van der Waals surface area (Å²) in [6.07, 6.45) is 4.36. The molecule has 0 saturated carbocycles. The number of aryl methyl sites for hydroxylation is 1. The van der Waals surface area contributed by atoms with Gasteiger partial charge in [-0.05, 0) is 26.0 Å². The summed E-state index contributed by atoms with van der Waals surface area (Å²) in [5.74, 6) is 1.89. The fourth-order valence-electron chi connectivity index (χ4n) is 1.71. The summed E-state index contributed by atoms with van der Waals surface area (Å²) in [5.41, 5.74) is 1.22. The van der Waals surface area contributed by atoms with Crippen molar-refractivity contribution in [2.24, 2.45) is 0 Å². The van der Waals surface area contributed by atoms with E-state index in [2.05, 4.69) is 28.4 Å². The van der Waals surface area contributed by atoms with E-state index >= 15 is 0 Å². The van der Waals surface area contributed by atoms with Gasteiger partial charge < -0.3 is 9.73 Å². The first-order valence-corrected chi connectivity index (χ1v) is 5.91. The molecule has 0 aliphatic heterocycles. The van der Waals surface area contributed by atoms with E-state index in [4.69, 9.17) is 4.42 Å². The van der Waals surface area contributed by atoms with Gasteiger partial charge in [-0.15, -0.1) is 0 Å². The Morgan fingerprint density at radius 2 is 2.35 bits per heavy atom. The highest BCUT2D eigenvalue weighted by atomic mass is 16.3. The summed E-state index contributed by atoms with van der Waals surface area (Å²) in [6, 6.07) is 2.08. The van der Waals surface area contributed by atoms with Crippen LogP contribution in [0.2, 0.25) is 0 Å². The van der Waals surface area contributed by atoms with Gasteiger partial charge in [0.2, 0.25) is 0 Å². The lowest BCUT2D eigenvalue weighted by Crippen LogP contribution is -2.13. The molecule has 0 bridgehead atoms. The molecule has 0 aliphatic carbocycles. The molecule has 1 N–H and O–H groups in total. The minimum atomic E-state index is 0.634. The fraction of sp³-hybridized carbons (Fsp3) is 0.500. The van der Waals surface area contributed by atoms with Crippen LogP contribution in [0, 0.1) is 6.92 Å². The van der Waals surface area contributed by atoms with Crippen molar-refractivity contribution in [3.63, 3.8) is 0 Å². The molecule has 92 valence electrons. The van der Waals surface area contributed by atoms with Gasteiger partial charge in [-0.3, -0.25) is 0 Å². The number of aromatic nitrogens is 3. The van der Waals surface area contributed by atoms with Crippen LogP contribution < -0.4 is 5.32 Å². The molecule has 0 unspecified atom stereocenters. The van der Waals surface area contributed by atoms with Gasteiger partial charge in [0.1, 0.15) is 30.7 Å². The van der Waals surface area contributed by atoms with Crippen LogP contribution in [-0.2, 0) is 13.1 Å². The van der Waals surface area contributed by atoms with Crippen molar-refractivity contribution in [2.45, 2.75) is 33.4 Å². The number of hydrogen-bond donors (Lipinski definition) is 1. The summed E-state index contributed by atoms with van der Waals surface area (Å²) >= 11 is 0. The van der Waals surface area contributed by atoms with Crippen molar-refractivity contribution in [1.29, 1.82) is 0 Å². The quantitative estimate of drug-likeness (QED) is 0.773. The predicted molar refractivity (Wildman–Crippen MR) is 64.6 cm³/mol. The van der Waals surface area contributed by atoms with Crippen LogP contribution in [0.1, 0.15) is 30.4 Å². The van der Waals surface area contributed by atoms with Crippen LogP contribution >= 0.6 is 0 Å². The Morgan fingerprint density at radius 3 is 3.06 bits per heavy atom. The Morgan fingerprint density at radius 1 is 1.47 bits per heavy atom. The van der Waals surface area contributed by atoms with Gasteiger partial charge in [0.15, 0.2) is 0 Å². The van der Waals surface area contributed by atoms with Crippen molar-refractivity contribution in [1.82, 2.24) is 20.1 Å².